The van der Waals surface area contributed by atoms with Crippen molar-refractivity contribution in [3.63, 3.8) is 0 Å². The molecular formula is C30H39F2N5O3. The second-order valence-corrected chi connectivity index (χ2v) is 11.3. The molecule has 10 heteroatoms. The van der Waals surface area contributed by atoms with E-state index in [-0.39, 0.29) is 17.3 Å². The van der Waals surface area contributed by atoms with E-state index in [1.807, 2.05) is 62.6 Å². The summed E-state index contributed by atoms with van der Waals surface area (Å²) in [5, 5.41) is 1.61. The first-order valence-electron chi connectivity index (χ1n) is 13.7. The van der Waals surface area contributed by atoms with Gasteiger partial charge in [0.15, 0.2) is 0 Å². The Balaban J connectivity index is 1.82. The molecule has 2 aromatic carbocycles. The molecule has 2 N–H and O–H groups in total. The van der Waals surface area contributed by atoms with Crippen LogP contribution < -0.4 is 5.73 Å². The molecule has 1 amide bonds. The SMILES string of the molecule is C[C@H](N)CCN(C(=O)ON1CCOCC1)[C@@H](c1nc(-c2cc(F)ccc2F)cn1Cc1ccccc1)C(C)(C)C. The van der Waals surface area contributed by atoms with E-state index in [9.17, 15) is 13.6 Å². The van der Waals surface area contributed by atoms with Gasteiger partial charge in [-0.15, -0.1) is 5.06 Å². The quantitative estimate of drug-likeness (QED) is 0.381. The van der Waals surface area contributed by atoms with Crippen molar-refractivity contribution < 1.29 is 23.1 Å². The lowest BCUT2D eigenvalue weighted by Crippen LogP contribution is -2.47. The highest BCUT2D eigenvalue weighted by molar-refractivity contribution is 5.68. The summed E-state index contributed by atoms with van der Waals surface area (Å²) < 4.78 is 36.4. The fraction of sp³-hybridized carbons (Fsp3) is 0.467. The van der Waals surface area contributed by atoms with E-state index in [0.717, 1.165) is 23.8 Å². The maximum absolute atomic E-state index is 14.9. The van der Waals surface area contributed by atoms with E-state index in [1.54, 1.807) is 16.2 Å². The van der Waals surface area contributed by atoms with Gasteiger partial charge in [-0.1, -0.05) is 51.1 Å². The van der Waals surface area contributed by atoms with Gasteiger partial charge < -0.3 is 19.9 Å². The minimum atomic E-state index is -0.579. The number of nitrogens with two attached hydrogens (primary N) is 1. The highest BCUT2D eigenvalue weighted by Crippen LogP contribution is 2.40. The van der Waals surface area contributed by atoms with Gasteiger partial charge in [0.2, 0.25) is 0 Å². The third-order valence-corrected chi connectivity index (χ3v) is 6.82. The van der Waals surface area contributed by atoms with Gasteiger partial charge in [-0.25, -0.2) is 18.6 Å². The predicted octanol–water partition coefficient (Wildman–Crippen LogP) is 5.39. The normalized spacial score (nSPS) is 16.0. The smallest absolute Gasteiger partial charge is 0.379 e. The van der Waals surface area contributed by atoms with E-state index in [0.29, 0.717) is 51.6 Å². The average Bonchev–Trinajstić information content (AvgIpc) is 3.30. The van der Waals surface area contributed by atoms with Gasteiger partial charge in [-0.2, -0.15) is 0 Å². The summed E-state index contributed by atoms with van der Waals surface area (Å²) in [5.74, 6) is -0.598. The number of carbonyl (C=O) groups is 1. The number of carbonyl (C=O) groups excluding carboxylic acids is 1. The molecule has 1 fully saturated rings. The van der Waals surface area contributed by atoms with Gasteiger partial charge in [0.05, 0.1) is 38.0 Å². The Hall–Kier alpha value is -3.34. The molecule has 0 unspecified atom stereocenters. The van der Waals surface area contributed by atoms with Crippen LogP contribution in [0.4, 0.5) is 13.6 Å². The number of nitrogens with zero attached hydrogens (tertiary/aromatic N) is 4. The van der Waals surface area contributed by atoms with Crippen molar-refractivity contribution in [2.75, 3.05) is 32.8 Å². The molecule has 0 aliphatic carbocycles. The zero-order valence-corrected chi connectivity index (χ0v) is 23.6. The van der Waals surface area contributed by atoms with Crippen molar-refractivity contribution in [1.82, 2.24) is 19.5 Å². The van der Waals surface area contributed by atoms with Crippen molar-refractivity contribution in [3.8, 4) is 11.3 Å². The number of aromatic nitrogens is 2. The molecule has 0 bridgehead atoms. The fourth-order valence-electron chi connectivity index (χ4n) is 4.84. The third kappa shape index (κ3) is 7.44. The maximum Gasteiger partial charge on any atom is 0.429 e. The van der Waals surface area contributed by atoms with Gasteiger partial charge >= 0.3 is 6.09 Å². The van der Waals surface area contributed by atoms with E-state index in [1.165, 1.54) is 0 Å². The van der Waals surface area contributed by atoms with Crippen LogP contribution in [0, 0.1) is 17.0 Å². The lowest BCUT2D eigenvalue weighted by Gasteiger charge is -2.40. The van der Waals surface area contributed by atoms with Crippen LogP contribution >= 0.6 is 0 Å². The highest BCUT2D eigenvalue weighted by atomic mass is 19.1. The Bertz CT molecular complexity index is 1270. The predicted molar refractivity (Wildman–Crippen MR) is 149 cm³/mol. The largest absolute Gasteiger partial charge is 0.429 e. The zero-order chi connectivity index (χ0) is 28.9. The van der Waals surface area contributed by atoms with Crippen LogP contribution in [-0.4, -0.2) is 64.5 Å². The van der Waals surface area contributed by atoms with E-state index in [2.05, 4.69) is 0 Å². The number of halogens is 2. The molecule has 216 valence electrons. The van der Waals surface area contributed by atoms with Crippen molar-refractivity contribution in [2.45, 2.75) is 52.7 Å². The van der Waals surface area contributed by atoms with Crippen LogP contribution in [0.5, 0.6) is 0 Å². The Morgan fingerprint density at radius 1 is 1.15 bits per heavy atom. The first kappa shape index (κ1) is 29.6. The second-order valence-electron chi connectivity index (χ2n) is 11.3. The molecule has 1 saturated heterocycles. The van der Waals surface area contributed by atoms with E-state index < -0.39 is 29.2 Å². The Labute approximate surface area is 234 Å². The minimum absolute atomic E-state index is 0.0544. The second kappa shape index (κ2) is 12.9. The number of rotatable bonds is 9. The molecule has 0 spiro atoms. The van der Waals surface area contributed by atoms with Crippen LogP contribution in [0.1, 0.15) is 51.5 Å². The van der Waals surface area contributed by atoms with Crippen LogP contribution in [0.2, 0.25) is 0 Å². The number of amides is 1. The maximum atomic E-state index is 14.9. The summed E-state index contributed by atoms with van der Waals surface area (Å²) in [5.41, 5.74) is 6.93. The number of hydroxylamine groups is 2. The number of hydrogen-bond acceptors (Lipinski definition) is 6. The Kier molecular flexibility index (Phi) is 9.55. The Morgan fingerprint density at radius 2 is 1.85 bits per heavy atom. The first-order valence-corrected chi connectivity index (χ1v) is 13.7. The number of morpholine rings is 1. The molecular weight excluding hydrogens is 516 g/mol. The van der Waals surface area contributed by atoms with Gasteiger partial charge in [0.25, 0.3) is 0 Å². The topological polar surface area (TPSA) is 85.8 Å². The number of ether oxygens (including phenoxy) is 1. The summed E-state index contributed by atoms with van der Waals surface area (Å²) in [7, 11) is 0. The molecule has 2 atom stereocenters. The van der Waals surface area contributed by atoms with E-state index >= 15 is 0 Å². The monoisotopic (exact) mass is 555 g/mol. The first-order chi connectivity index (χ1) is 19.0. The molecule has 2 heterocycles. The number of hydrogen-bond donors (Lipinski definition) is 1. The van der Waals surface area contributed by atoms with Crippen molar-refractivity contribution in [1.29, 1.82) is 0 Å². The van der Waals surface area contributed by atoms with Crippen molar-refractivity contribution >= 4 is 6.09 Å². The molecule has 0 radical (unpaired) electrons. The van der Waals surface area contributed by atoms with Crippen LogP contribution in [0.25, 0.3) is 11.3 Å². The number of benzene rings is 2. The standard InChI is InChI=1S/C30H39F2N5O3/c1-21(33)12-13-37(29(38)40-36-14-16-39-17-15-36)27(30(2,3)4)28-34-26(24-18-23(31)10-11-25(24)32)20-35(28)19-22-8-6-5-7-9-22/h5-11,18,20-21,27H,12-17,19,33H2,1-4H3/t21-,27-/m0/s1. The third-order valence-electron chi connectivity index (χ3n) is 6.82. The molecule has 3 aromatic rings. The van der Waals surface area contributed by atoms with Crippen LogP contribution in [-0.2, 0) is 16.1 Å². The van der Waals surface area contributed by atoms with E-state index in [4.69, 9.17) is 20.3 Å². The molecule has 1 aromatic heterocycles. The lowest BCUT2D eigenvalue weighted by atomic mass is 9.84. The summed E-state index contributed by atoms with van der Waals surface area (Å²) in [6, 6.07) is 12.4. The van der Waals surface area contributed by atoms with Gasteiger partial charge in [-0.05, 0) is 42.5 Å². The van der Waals surface area contributed by atoms with Crippen LogP contribution in [0.3, 0.4) is 0 Å². The van der Waals surface area contributed by atoms with Crippen molar-refractivity contribution in [2.24, 2.45) is 11.1 Å². The van der Waals surface area contributed by atoms with Gasteiger partial charge in [0.1, 0.15) is 17.5 Å². The molecule has 4 rings (SSSR count). The average molecular weight is 556 g/mol. The molecule has 0 saturated carbocycles. The van der Waals surface area contributed by atoms with Gasteiger partial charge in [0, 0.05) is 30.9 Å². The lowest BCUT2D eigenvalue weighted by molar-refractivity contribution is -0.158. The summed E-state index contributed by atoms with van der Waals surface area (Å²) >= 11 is 0. The number of imidazole rings is 1. The van der Waals surface area contributed by atoms with Gasteiger partial charge in [-0.3, -0.25) is 4.90 Å². The summed E-state index contributed by atoms with van der Waals surface area (Å²) in [6.07, 6.45) is 1.74. The Morgan fingerprint density at radius 3 is 2.50 bits per heavy atom. The molecule has 40 heavy (non-hydrogen) atoms. The van der Waals surface area contributed by atoms with Crippen LogP contribution in [0.15, 0.2) is 54.7 Å². The molecule has 1 aliphatic heterocycles. The van der Waals surface area contributed by atoms with Crippen molar-refractivity contribution in [3.05, 3.63) is 77.8 Å². The zero-order valence-electron chi connectivity index (χ0n) is 23.6. The fourth-order valence-corrected chi connectivity index (χ4v) is 4.84. The summed E-state index contributed by atoms with van der Waals surface area (Å²) in [4.78, 5) is 26.1. The minimum Gasteiger partial charge on any atom is -0.379 e. The molecule has 1 aliphatic rings. The molecule has 8 nitrogen and oxygen atoms in total. The highest BCUT2D eigenvalue weighted by Gasteiger charge is 2.40. The summed E-state index contributed by atoms with van der Waals surface area (Å²) in [6.45, 7) is 10.6.